The molecule has 0 bridgehead atoms. The summed E-state index contributed by atoms with van der Waals surface area (Å²) in [7, 11) is 0. The second-order valence-corrected chi connectivity index (χ2v) is 6.29. The Balaban J connectivity index is 0.00000176. The molecule has 1 saturated heterocycles. The van der Waals surface area contributed by atoms with Gasteiger partial charge in [-0.15, -0.1) is 23.7 Å². The van der Waals surface area contributed by atoms with E-state index in [0.717, 1.165) is 30.1 Å². The van der Waals surface area contributed by atoms with Crippen LogP contribution >= 0.6 is 23.7 Å². The van der Waals surface area contributed by atoms with Crippen molar-refractivity contribution in [1.82, 2.24) is 4.90 Å². The second kappa shape index (κ2) is 7.80. The number of halogens is 1. The lowest BCUT2D eigenvalue weighted by Gasteiger charge is -2.21. The van der Waals surface area contributed by atoms with Gasteiger partial charge in [-0.05, 0) is 37.4 Å². The molecule has 1 aliphatic rings. The Morgan fingerprint density at radius 1 is 1.09 bits per heavy atom. The number of benzene rings is 1. The topological polar surface area (TPSA) is 23.5 Å². The number of rotatable bonds is 3. The summed E-state index contributed by atoms with van der Waals surface area (Å²) in [5, 5.41) is 13.1. The van der Waals surface area contributed by atoms with Crippen LogP contribution in [-0.4, -0.2) is 29.6 Å². The SMILES string of the molecule is Cl.OC(C#CCN1CCCC1)(c1ccccc1)c1cccs1. The molecular formula is C18H20ClNOS. The van der Waals surface area contributed by atoms with E-state index in [2.05, 4.69) is 16.7 Å². The highest BCUT2D eigenvalue weighted by Gasteiger charge is 2.30. The molecule has 1 unspecified atom stereocenters. The zero-order valence-electron chi connectivity index (χ0n) is 12.4. The molecule has 0 spiro atoms. The Kier molecular flexibility index (Phi) is 6.05. The third-order valence-electron chi connectivity index (χ3n) is 3.84. The van der Waals surface area contributed by atoms with Gasteiger partial charge < -0.3 is 5.11 Å². The highest BCUT2D eigenvalue weighted by Crippen LogP contribution is 2.32. The van der Waals surface area contributed by atoms with Crippen LogP contribution in [0.2, 0.25) is 0 Å². The Morgan fingerprint density at radius 2 is 1.82 bits per heavy atom. The van der Waals surface area contributed by atoms with Crippen LogP contribution in [0.5, 0.6) is 0 Å². The van der Waals surface area contributed by atoms with E-state index in [0.29, 0.717) is 0 Å². The smallest absolute Gasteiger partial charge is 0.186 e. The van der Waals surface area contributed by atoms with Crippen molar-refractivity contribution >= 4 is 23.7 Å². The van der Waals surface area contributed by atoms with Crippen LogP contribution in [0.3, 0.4) is 0 Å². The van der Waals surface area contributed by atoms with Gasteiger partial charge in [0.05, 0.1) is 11.4 Å². The maximum atomic E-state index is 11.1. The average Bonchev–Trinajstić information content (AvgIpc) is 3.21. The number of aliphatic hydroxyl groups is 1. The summed E-state index contributed by atoms with van der Waals surface area (Å²) in [4.78, 5) is 3.22. The fourth-order valence-corrected chi connectivity index (χ4v) is 3.46. The number of likely N-dealkylation sites (tertiary alicyclic amines) is 1. The Morgan fingerprint density at radius 3 is 2.45 bits per heavy atom. The number of nitrogens with zero attached hydrogens (tertiary/aromatic N) is 1. The number of hydrogen-bond donors (Lipinski definition) is 1. The van der Waals surface area contributed by atoms with Crippen LogP contribution in [0.15, 0.2) is 47.8 Å². The molecule has 2 aromatic rings. The van der Waals surface area contributed by atoms with Crippen LogP contribution < -0.4 is 0 Å². The molecule has 0 radical (unpaired) electrons. The van der Waals surface area contributed by atoms with Gasteiger partial charge in [0.1, 0.15) is 0 Å². The van der Waals surface area contributed by atoms with Crippen molar-refractivity contribution < 1.29 is 5.11 Å². The Labute approximate surface area is 142 Å². The zero-order valence-corrected chi connectivity index (χ0v) is 14.0. The number of hydrogen-bond acceptors (Lipinski definition) is 3. The van der Waals surface area contributed by atoms with Gasteiger partial charge in [0.25, 0.3) is 0 Å². The van der Waals surface area contributed by atoms with Crippen molar-refractivity contribution in [3.8, 4) is 11.8 Å². The quantitative estimate of drug-likeness (QED) is 0.869. The van der Waals surface area contributed by atoms with Crippen LogP contribution in [0.4, 0.5) is 0 Å². The summed E-state index contributed by atoms with van der Waals surface area (Å²) in [6.45, 7) is 2.98. The lowest BCUT2D eigenvalue weighted by atomic mass is 9.93. The Bertz CT molecular complexity index is 626. The molecule has 116 valence electrons. The van der Waals surface area contributed by atoms with E-state index in [1.807, 2.05) is 47.8 Å². The molecule has 1 aliphatic heterocycles. The van der Waals surface area contributed by atoms with E-state index in [-0.39, 0.29) is 12.4 Å². The molecule has 2 nitrogen and oxygen atoms in total. The molecule has 0 amide bonds. The lowest BCUT2D eigenvalue weighted by Crippen LogP contribution is -2.25. The standard InChI is InChI=1S/C18H19NOS.ClH/c20-18(17-10-6-15-21-17,16-8-2-1-3-9-16)11-7-14-19-12-4-5-13-19;/h1-3,6,8-10,15,20H,4-5,12-14H2;1H. The molecule has 22 heavy (non-hydrogen) atoms. The fourth-order valence-electron chi connectivity index (χ4n) is 2.66. The van der Waals surface area contributed by atoms with Crippen molar-refractivity contribution in [3.05, 3.63) is 58.3 Å². The Hall–Kier alpha value is -1.31. The van der Waals surface area contributed by atoms with E-state index in [1.54, 1.807) is 11.3 Å². The molecule has 1 N–H and O–H groups in total. The van der Waals surface area contributed by atoms with Crippen LogP contribution in [-0.2, 0) is 5.60 Å². The van der Waals surface area contributed by atoms with E-state index >= 15 is 0 Å². The predicted molar refractivity (Wildman–Crippen MR) is 94.5 cm³/mol. The molecule has 1 aromatic heterocycles. The predicted octanol–water partition coefficient (Wildman–Crippen LogP) is 3.51. The molecule has 1 aromatic carbocycles. The van der Waals surface area contributed by atoms with E-state index in [4.69, 9.17) is 0 Å². The summed E-state index contributed by atoms with van der Waals surface area (Å²) < 4.78 is 0. The van der Waals surface area contributed by atoms with Gasteiger partial charge in [0.2, 0.25) is 0 Å². The largest absolute Gasteiger partial charge is 0.369 e. The summed E-state index contributed by atoms with van der Waals surface area (Å²) in [5.41, 5.74) is -0.365. The minimum absolute atomic E-state index is 0. The minimum atomic E-state index is -1.20. The van der Waals surface area contributed by atoms with E-state index in [1.165, 1.54) is 12.8 Å². The van der Waals surface area contributed by atoms with Crippen molar-refractivity contribution in [2.45, 2.75) is 18.4 Å². The van der Waals surface area contributed by atoms with E-state index < -0.39 is 5.60 Å². The summed E-state index contributed by atoms with van der Waals surface area (Å²) in [6.07, 6.45) is 2.52. The maximum Gasteiger partial charge on any atom is 0.186 e. The van der Waals surface area contributed by atoms with Gasteiger partial charge in [0, 0.05) is 5.56 Å². The number of thiophene rings is 1. The zero-order chi connectivity index (χ0) is 14.5. The molecule has 0 aliphatic carbocycles. The van der Waals surface area contributed by atoms with Gasteiger partial charge in [-0.25, -0.2) is 0 Å². The van der Waals surface area contributed by atoms with Gasteiger partial charge in [0.15, 0.2) is 5.60 Å². The van der Waals surface area contributed by atoms with Gasteiger partial charge >= 0.3 is 0 Å². The van der Waals surface area contributed by atoms with Crippen LogP contribution in [0.1, 0.15) is 23.3 Å². The maximum absolute atomic E-state index is 11.1. The third kappa shape index (κ3) is 3.71. The highest BCUT2D eigenvalue weighted by atomic mass is 35.5. The van der Waals surface area contributed by atoms with Crippen molar-refractivity contribution in [3.63, 3.8) is 0 Å². The molecular weight excluding hydrogens is 314 g/mol. The second-order valence-electron chi connectivity index (χ2n) is 5.34. The molecule has 0 saturated carbocycles. The summed E-state index contributed by atoms with van der Waals surface area (Å²) in [6, 6.07) is 13.6. The first kappa shape index (κ1) is 17.1. The minimum Gasteiger partial charge on any atom is -0.369 e. The molecule has 3 rings (SSSR count). The van der Waals surface area contributed by atoms with Crippen molar-refractivity contribution in [2.75, 3.05) is 19.6 Å². The highest BCUT2D eigenvalue weighted by molar-refractivity contribution is 7.10. The third-order valence-corrected chi connectivity index (χ3v) is 4.82. The summed E-state index contributed by atoms with van der Waals surface area (Å²) in [5.74, 6) is 6.30. The monoisotopic (exact) mass is 333 g/mol. The van der Waals surface area contributed by atoms with Crippen molar-refractivity contribution in [2.24, 2.45) is 0 Å². The normalized spacial score (nSPS) is 17.1. The van der Waals surface area contributed by atoms with Crippen LogP contribution in [0.25, 0.3) is 0 Å². The summed E-state index contributed by atoms with van der Waals surface area (Å²) >= 11 is 1.54. The van der Waals surface area contributed by atoms with Gasteiger partial charge in [-0.2, -0.15) is 0 Å². The molecule has 2 heterocycles. The fraction of sp³-hybridized carbons (Fsp3) is 0.333. The van der Waals surface area contributed by atoms with Crippen molar-refractivity contribution in [1.29, 1.82) is 0 Å². The average molecular weight is 334 g/mol. The van der Waals surface area contributed by atoms with Gasteiger partial charge in [-0.1, -0.05) is 48.2 Å². The first-order chi connectivity index (χ1) is 10.3. The first-order valence-electron chi connectivity index (χ1n) is 7.33. The molecule has 1 fully saturated rings. The molecule has 4 heteroatoms. The lowest BCUT2D eigenvalue weighted by molar-refractivity contribution is 0.149. The first-order valence-corrected chi connectivity index (χ1v) is 8.21. The molecule has 1 atom stereocenters. The van der Waals surface area contributed by atoms with E-state index in [9.17, 15) is 5.11 Å². The van der Waals surface area contributed by atoms with Gasteiger partial charge in [-0.3, -0.25) is 4.90 Å². The van der Waals surface area contributed by atoms with Crippen LogP contribution in [0, 0.1) is 11.8 Å².